The fourth-order valence-electron chi connectivity index (χ4n) is 3.07. The molecule has 1 atom stereocenters. The minimum atomic E-state index is 0.481. The number of rotatable bonds is 3. The highest BCUT2D eigenvalue weighted by Crippen LogP contribution is 2.44. The maximum atomic E-state index is 3.58. The van der Waals surface area contributed by atoms with Crippen LogP contribution in [-0.4, -0.2) is 13.1 Å². The maximum absolute atomic E-state index is 3.58. The van der Waals surface area contributed by atoms with Crippen molar-refractivity contribution in [1.29, 1.82) is 0 Å². The summed E-state index contributed by atoms with van der Waals surface area (Å²) in [6.45, 7) is 9.14. The van der Waals surface area contributed by atoms with Crippen LogP contribution in [0.1, 0.15) is 43.7 Å². The molecule has 2 rings (SSSR count). The fourth-order valence-corrected chi connectivity index (χ4v) is 3.07. The van der Waals surface area contributed by atoms with Gasteiger partial charge in [0.1, 0.15) is 0 Å². The van der Waals surface area contributed by atoms with Crippen molar-refractivity contribution in [3.05, 3.63) is 35.4 Å². The Balaban J connectivity index is 2.29. The zero-order valence-corrected chi connectivity index (χ0v) is 10.7. The van der Waals surface area contributed by atoms with Crippen molar-refractivity contribution in [2.75, 3.05) is 13.1 Å². The monoisotopic (exact) mass is 217 g/mol. The topological polar surface area (TPSA) is 12.0 Å². The van der Waals surface area contributed by atoms with E-state index in [1.54, 1.807) is 0 Å². The van der Waals surface area contributed by atoms with Crippen LogP contribution in [0.15, 0.2) is 24.3 Å². The summed E-state index contributed by atoms with van der Waals surface area (Å²) in [4.78, 5) is 0. The van der Waals surface area contributed by atoms with E-state index in [4.69, 9.17) is 0 Å². The average Bonchev–Trinajstić information content (AvgIpc) is 2.74. The second kappa shape index (κ2) is 4.58. The summed E-state index contributed by atoms with van der Waals surface area (Å²) >= 11 is 0. The highest BCUT2D eigenvalue weighted by Gasteiger charge is 2.40. The Hall–Kier alpha value is -0.820. The lowest BCUT2D eigenvalue weighted by Crippen LogP contribution is -2.27. The van der Waals surface area contributed by atoms with Gasteiger partial charge in [0.15, 0.2) is 0 Å². The predicted molar refractivity (Wildman–Crippen MR) is 69.8 cm³/mol. The molecule has 0 aromatic heterocycles. The molecule has 1 aromatic rings. The molecule has 1 fully saturated rings. The molecule has 1 heterocycles. The van der Waals surface area contributed by atoms with Crippen LogP contribution in [0.5, 0.6) is 0 Å². The summed E-state index contributed by atoms with van der Waals surface area (Å²) in [5.41, 5.74) is 3.35. The van der Waals surface area contributed by atoms with Gasteiger partial charge in [0.25, 0.3) is 0 Å². The standard InChI is InChI=1S/C15H23N/c1-4-15(5-2)11-16-10-14(15)13-8-6-12(3)7-9-13/h6-9,14,16H,4-5,10-11H2,1-3H3/t14-/m1/s1. The maximum Gasteiger partial charge on any atom is 0.00318 e. The van der Waals surface area contributed by atoms with Crippen LogP contribution in [0, 0.1) is 12.3 Å². The molecule has 0 spiro atoms. The van der Waals surface area contributed by atoms with E-state index in [2.05, 4.69) is 50.4 Å². The van der Waals surface area contributed by atoms with Crippen molar-refractivity contribution < 1.29 is 0 Å². The first kappa shape index (κ1) is 11.7. The van der Waals surface area contributed by atoms with Crippen LogP contribution in [0.4, 0.5) is 0 Å². The van der Waals surface area contributed by atoms with Gasteiger partial charge in [-0.15, -0.1) is 0 Å². The molecule has 0 aliphatic carbocycles. The molecule has 1 aromatic carbocycles. The molecule has 1 nitrogen and oxygen atoms in total. The molecule has 1 saturated heterocycles. The summed E-state index contributed by atoms with van der Waals surface area (Å²) in [7, 11) is 0. The van der Waals surface area contributed by atoms with Crippen molar-refractivity contribution >= 4 is 0 Å². The van der Waals surface area contributed by atoms with Crippen molar-refractivity contribution in [3.63, 3.8) is 0 Å². The van der Waals surface area contributed by atoms with Gasteiger partial charge < -0.3 is 5.32 Å². The van der Waals surface area contributed by atoms with E-state index in [0.717, 1.165) is 6.54 Å². The van der Waals surface area contributed by atoms with E-state index in [1.165, 1.54) is 30.5 Å². The summed E-state index contributed by atoms with van der Waals surface area (Å²) < 4.78 is 0. The predicted octanol–water partition coefficient (Wildman–Crippen LogP) is 3.49. The van der Waals surface area contributed by atoms with Crippen molar-refractivity contribution in [2.24, 2.45) is 5.41 Å². The van der Waals surface area contributed by atoms with Gasteiger partial charge in [-0.05, 0) is 30.7 Å². The van der Waals surface area contributed by atoms with E-state index < -0.39 is 0 Å². The van der Waals surface area contributed by atoms with E-state index in [9.17, 15) is 0 Å². The first-order valence-corrected chi connectivity index (χ1v) is 6.49. The molecule has 0 radical (unpaired) electrons. The first-order valence-electron chi connectivity index (χ1n) is 6.49. The molecule has 1 aliphatic rings. The highest BCUT2D eigenvalue weighted by molar-refractivity contribution is 5.28. The molecule has 0 saturated carbocycles. The van der Waals surface area contributed by atoms with Crippen molar-refractivity contribution in [1.82, 2.24) is 5.32 Å². The molecule has 1 aliphatic heterocycles. The van der Waals surface area contributed by atoms with Gasteiger partial charge in [-0.25, -0.2) is 0 Å². The lowest BCUT2D eigenvalue weighted by Gasteiger charge is -2.33. The molecule has 88 valence electrons. The number of benzene rings is 1. The van der Waals surface area contributed by atoms with Crippen LogP contribution in [0.2, 0.25) is 0 Å². The molecule has 16 heavy (non-hydrogen) atoms. The van der Waals surface area contributed by atoms with Crippen LogP contribution in [0.25, 0.3) is 0 Å². The van der Waals surface area contributed by atoms with Crippen molar-refractivity contribution in [3.8, 4) is 0 Å². The third kappa shape index (κ3) is 1.89. The zero-order valence-electron chi connectivity index (χ0n) is 10.7. The Morgan fingerprint density at radius 3 is 2.38 bits per heavy atom. The zero-order chi connectivity index (χ0) is 11.6. The minimum absolute atomic E-state index is 0.481. The van der Waals surface area contributed by atoms with Crippen LogP contribution < -0.4 is 5.32 Å². The smallest absolute Gasteiger partial charge is 0.00318 e. The SMILES string of the molecule is CCC1(CC)CNC[C@@H]1c1ccc(C)cc1. The van der Waals surface area contributed by atoms with Gasteiger partial charge in [-0.2, -0.15) is 0 Å². The van der Waals surface area contributed by atoms with E-state index in [0.29, 0.717) is 11.3 Å². The van der Waals surface area contributed by atoms with E-state index in [-0.39, 0.29) is 0 Å². The van der Waals surface area contributed by atoms with E-state index in [1.807, 2.05) is 0 Å². The second-order valence-corrected chi connectivity index (χ2v) is 5.16. The second-order valence-electron chi connectivity index (χ2n) is 5.16. The molecule has 0 bridgehead atoms. The number of aryl methyl sites for hydroxylation is 1. The van der Waals surface area contributed by atoms with Gasteiger partial charge in [0, 0.05) is 19.0 Å². The normalized spacial score (nSPS) is 23.6. The number of hydrogen-bond acceptors (Lipinski definition) is 1. The minimum Gasteiger partial charge on any atom is -0.316 e. The third-order valence-electron chi connectivity index (χ3n) is 4.45. The van der Waals surface area contributed by atoms with Gasteiger partial charge in [-0.3, -0.25) is 0 Å². The van der Waals surface area contributed by atoms with Gasteiger partial charge in [-0.1, -0.05) is 43.7 Å². The summed E-state index contributed by atoms with van der Waals surface area (Å²) in [6, 6.07) is 9.10. The highest BCUT2D eigenvalue weighted by atomic mass is 14.9. The third-order valence-corrected chi connectivity index (χ3v) is 4.45. The lowest BCUT2D eigenvalue weighted by molar-refractivity contribution is 0.260. The first-order chi connectivity index (χ1) is 7.72. The van der Waals surface area contributed by atoms with Gasteiger partial charge in [0.05, 0.1) is 0 Å². The number of hydrogen-bond donors (Lipinski definition) is 1. The Kier molecular flexibility index (Phi) is 3.34. The van der Waals surface area contributed by atoms with Crippen LogP contribution in [-0.2, 0) is 0 Å². The Morgan fingerprint density at radius 1 is 1.19 bits per heavy atom. The summed E-state index contributed by atoms with van der Waals surface area (Å²) in [6.07, 6.45) is 2.55. The fraction of sp³-hybridized carbons (Fsp3) is 0.600. The van der Waals surface area contributed by atoms with Crippen LogP contribution >= 0.6 is 0 Å². The Bertz CT molecular complexity index is 335. The Labute approximate surface area is 99.3 Å². The lowest BCUT2D eigenvalue weighted by atomic mass is 9.71. The summed E-state index contributed by atoms with van der Waals surface area (Å²) in [5, 5.41) is 3.58. The summed E-state index contributed by atoms with van der Waals surface area (Å²) in [5.74, 6) is 0.697. The van der Waals surface area contributed by atoms with E-state index >= 15 is 0 Å². The molecular formula is C15H23N. The quantitative estimate of drug-likeness (QED) is 0.817. The van der Waals surface area contributed by atoms with Gasteiger partial charge >= 0.3 is 0 Å². The number of nitrogens with one attached hydrogen (secondary N) is 1. The van der Waals surface area contributed by atoms with Crippen LogP contribution in [0.3, 0.4) is 0 Å². The largest absolute Gasteiger partial charge is 0.316 e. The molecular weight excluding hydrogens is 194 g/mol. The molecule has 1 heteroatoms. The Morgan fingerprint density at radius 2 is 1.81 bits per heavy atom. The van der Waals surface area contributed by atoms with Gasteiger partial charge in [0.2, 0.25) is 0 Å². The molecule has 0 unspecified atom stereocenters. The average molecular weight is 217 g/mol. The molecule has 0 amide bonds. The van der Waals surface area contributed by atoms with Crippen molar-refractivity contribution in [2.45, 2.75) is 39.5 Å². The molecule has 1 N–H and O–H groups in total.